The fraction of sp³-hybridized carbons (Fsp3) is 0.571. The highest BCUT2D eigenvalue weighted by Crippen LogP contribution is 2.30. The molecule has 106 valence electrons. The first kappa shape index (κ1) is 15.4. The lowest BCUT2D eigenvalue weighted by Crippen LogP contribution is -2.34. The van der Waals surface area contributed by atoms with Crippen LogP contribution in [0.1, 0.15) is 32.4 Å². The average Bonchev–Trinajstić information content (AvgIpc) is 2.39. The summed E-state index contributed by atoms with van der Waals surface area (Å²) in [4.78, 5) is 16.6. The van der Waals surface area contributed by atoms with Crippen LogP contribution in [0.3, 0.4) is 0 Å². The summed E-state index contributed by atoms with van der Waals surface area (Å²) >= 11 is 0. The van der Waals surface area contributed by atoms with Gasteiger partial charge in [0.05, 0.1) is 12.1 Å². The molecule has 0 aliphatic carbocycles. The maximum absolute atomic E-state index is 10.9. The molecule has 1 rings (SSSR count). The zero-order chi connectivity index (χ0) is 14.4. The van der Waals surface area contributed by atoms with Gasteiger partial charge in [0, 0.05) is 32.1 Å². The predicted octanol–water partition coefficient (Wildman–Crippen LogP) is 2.03. The number of ether oxygens (including phenoxy) is 2. The van der Waals surface area contributed by atoms with Gasteiger partial charge in [-0.3, -0.25) is 9.78 Å². The molecule has 0 radical (unpaired) electrons. The van der Waals surface area contributed by atoms with Gasteiger partial charge in [-0.05, 0) is 26.8 Å². The standard InChI is InChI=1S/C14H22N2O3/c1-10(2)19-13-6-7-15-8-12(13)14(18-5)11(3)16(4)9-17/h6-11,14H,1-5H3. The van der Waals surface area contributed by atoms with Crippen molar-refractivity contribution >= 4 is 6.41 Å². The lowest BCUT2D eigenvalue weighted by molar-refractivity contribution is -0.121. The molecule has 19 heavy (non-hydrogen) atoms. The van der Waals surface area contributed by atoms with Crippen LogP contribution in [0.15, 0.2) is 18.5 Å². The number of amides is 1. The number of rotatable bonds is 7. The summed E-state index contributed by atoms with van der Waals surface area (Å²) in [5.41, 5.74) is 0.847. The van der Waals surface area contributed by atoms with Crippen LogP contribution in [0.25, 0.3) is 0 Å². The van der Waals surface area contributed by atoms with E-state index in [-0.39, 0.29) is 18.2 Å². The third-order valence-electron chi connectivity index (χ3n) is 2.98. The molecular weight excluding hydrogens is 244 g/mol. The summed E-state index contributed by atoms with van der Waals surface area (Å²) in [6, 6.07) is 1.70. The summed E-state index contributed by atoms with van der Waals surface area (Å²) in [7, 11) is 3.34. The average molecular weight is 266 g/mol. The van der Waals surface area contributed by atoms with Crippen LogP contribution in [0.2, 0.25) is 0 Å². The number of pyridine rings is 1. The van der Waals surface area contributed by atoms with Crippen LogP contribution in [-0.4, -0.2) is 42.6 Å². The number of aromatic nitrogens is 1. The van der Waals surface area contributed by atoms with E-state index < -0.39 is 0 Å². The van der Waals surface area contributed by atoms with Gasteiger partial charge in [-0.2, -0.15) is 0 Å². The van der Waals surface area contributed by atoms with Gasteiger partial charge >= 0.3 is 0 Å². The Kier molecular flexibility index (Phi) is 5.76. The van der Waals surface area contributed by atoms with Crippen molar-refractivity contribution in [3.63, 3.8) is 0 Å². The number of hydrogen-bond acceptors (Lipinski definition) is 4. The van der Waals surface area contributed by atoms with Gasteiger partial charge in [0.1, 0.15) is 11.9 Å². The van der Waals surface area contributed by atoms with Crippen LogP contribution < -0.4 is 4.74 Å². The largest absolute Gasteiger partial charge is 0.491 e. The minimum atomic E-state index is -0.280. The molecule has 0 saturated heterocycles. The summed E-state index contributed by atoms with van der Waals surface area (Å²) in [6.45, 7) is 5.86. The maximum Gasteiger partial charge on any atom is 0.209 e. The number of nitrogens with zero attached hydrogens (tertiary/aromatic N) is 2. The maximum atomic E-state index is 10.9. The van der Waals surface area contributed by atoms with Gasteiger partial charge in [0.25, 0.3) is 0 Å². The zero-order valence-corrected chi connectivity index (χ0v) is 12.2. The quantitative estimate of drug-likeness (QED) is 0.709. The summed E-state index contributed by atoms with van der Waals surface area (Å²) in [5, 5.41) is 0. The molecule has 1 aromatic rings. The Morgan fingerprint density at radius 3 is 2.58 bits per heavy atom. The van der Waals surface area contributed by atoms with E-state index in [1.165, 1.54) is 0 Å². The molecule has 0 bridgehead atoms. The topological polar surface area (TPSA) is 51.7 Å². The monoisotopic (exact) mass is 266 g/mol. The Morgan fingerprint density at radius 1 is 1.37 bits per heavy atom. The van der Waals surface area contributed by atoms with E-state index in [0.717, 1.165) is 17.7 Å². The van der Waals surface area contributed by atoms with Crippen molar-refractivity contribution < 1.29 is 14.3 Å². The normalized spacial score (nSPS) is 14.0. The summed E-state index contributed by atoms with van der Waals surface area (Å²) < 4.78 is 11.3. The van der Waals surface area contributed by atoms with Crippen LogP contribution in [0, 0.1) is 0 Å². The molecule has 0 aliphatic rings. The van der Waals surface area contributed by atoms with Crippen molar-refractivity contribution in [1.29, 1.82) is 0 Å². The predicted molar refractivity (Wildman–Crippen MR) is 73.0 cm³/mol. The molecule has 1 heterocycles. The third-order valence-corrected chi connectivity index (χ3v) is 2.98. The van der Waals surface area contributed by atoms with Crippen LogP contribution >= 0.6 is 0 Å². The smallest absolute Gasteiger partial charge is 0.209 e. The lowest BCUT2D eigenvalue weighted by Gasteiger charge is -2.29. The number of carbonyl (C=O) groups excluding carboxylic acids is 1. The Hall–Kier alpha value is -1.62. The number of hydrogen-bond donors (Lipinski definition) is 0. The Labute approximate surface area is 114 Å². The molecule has 5 nitrogen and oxygen atoms in total. The SMILES string of the molecule is COC(c1cnccc1OC(C)C)C(C)N(C)C=O. The molecule has 0 fully saturated rings. The van der Waals surface area contributed by atoms with E-state index in [1.54, 1.807) is 31.5 Å². The second-order valence-corrected chi connectivity index (χ2v) is 4.75. The van der Waals surface area contributed by atoms with Crippen LogP contribution in [-0.2, 0) is 9.53 Å². The van der Waals surface area contributed by atoms with Crippen molar-refractivity contribution in [3.05, 3.63) is 24.0 Å². The summed E-state index contributed by atoms with van der Waals surface area (Å²) in [5.74, 6) is 0.739. The second-order valence-electron chi connectivity index (χ2n) is 4.75. The van der Waals surface area contributed by atoms with Crippen LogP contribution in [0.5, 0.6) is 5.75 Å². The van der Waals surface area contributed by atoms with E-state index in [2.05, 4.69) is 4.98 Å². The first-order valence-corrected chi connectivity index (χ1v) is 6.31. The summed E-state index contributed by atoms with van der Waals surface area (Å²) in [6.07, 6.45) is 3.98. The highest BCUT2D eigenvalue weighted by atomic mass is 16.5. The Morgan fingerprint density at radius 2 is 2.05 bits per heavy atom. The molecule has 1 aromatic heterocycles. The lowest BCUT2D eigenvalue weighted by atomic mass is 10.0. The van der Waals surface area contributed by atoms with Crippen molar-refractivity contribution in [2.75, 3.05) is 14.2 Å². The first-order chi connectivity index (χ1) is 9.01. The Bertz CT molecular complexity index is 409. The molecule has 0 aliphatic heterocycles. The first-order valence-electron chi connectivity index (χ1n) is 6.31. The fourth-order valence-corrected chi connectivity index (χ4v) is 1.86. The third kappa shape index (κ3) is 3.92. The van der Waals surface area contributed by atoms with E-state index >= 15 is 0 Å². The molecule has 0 saturated carbocycles. The van der Waals surface area contributed by atoms with Gasteiger partial charge in [0.15, 0.2) is 0 Å². The molecule has 1 amide bonds. The van der Waals surface area contributed by atoms with Gasteiger partial charge in [-0.1, -0.05) is 0 Å². The van der Waals surface area contributed by atoms with E-state index in [9.17, 15) is 4.79 Å². The van der Waals surface area contributed by atoms with Gasteiger partial charge in [-0.15, -0.1) is 0 Å². The minimum Gasteiger partial charge on any atom is -0.491 e. The van der Waals surface area contributed by atoms with Crippen LogP contribution in [0.4, 0.5) is 0 Å². The van der Waals surface area contributed by atoms with Crippen molar-refractivity contribution in [3.8, 4) is 5.75 Å². The van der Waals surface area contributed by atoms with Crippen molar-refractivity contribution in [2.45, 2.75) is 39.0 Å². The number of carbonyl (C=O) groups is 1. The second kappa shape index (κ2) is 7.09. The molecule has 0 N–H and O–H groups in total. The van der Waals surface area contributed by atoms with E-state index in [4.69, 9.17) is 9.47 Å². The zero-order valence-electron chi connectivity index (χ0n) is 12.2. The van der Waals surface area contributed by atoms with Gasteiger partial charge in [-0.25, -0.2) is 0 Å². The molecule has 0 aromatic carbocycles. The van der Waals surface area contributed by atoms with E-state index in [1.807, 2.05) is 26.8 Å². The van der Waals surface area contributed by atoms with Gasteiger partial charge in [0.2, 0.25) is 6.41 Å². The van der Waals surface area contributed by atoms with Crippen molar-refractivity contribution in [2.24, 2.45) is 0 Å². The van der Waals surface area contributed by atoms with E-state index in [0.29, 0.717) is 0 Å². The number of methoxy groups -OCH3 is 1. The fourth-order valence-electron chi connectivity index (χ4n) is 1.86. The Balaban J connectivity index is 3.07. The van der Waals surface area contributed by atoms with Crippen molar-refractivity contribution in [1.82, 2.24) is 9.88 Å². The molecule has 5 heteroatoms. The molecule has 2 unspecified atom stereocenters. The minimum absolute atomic E-state index is 0.0674. The highest BCUT2D eigenvalue weighted by Gasteiger charge is 2.25. The van der Waals surface area contributed by atoms with Gasteiger partial charge < -0.3 is 14.4 Å². The molecular formula is C14H22N2O3. The molecule has 2 atom stereocenters. The number of likely N-dealkylation sites (N-methyl/N-ethyl adjacent to an activating group) is 1. The molecule has 0 spiro atoms. The highest BCUT2D eigenvalue weighted by molar-refractivity contribution is 5.47.